The van der Waals surface area contributed by atoms with Gasteiger partial charge in [0.15, 0.2) is 0 Å². The van der Waals surface area contributed by atoms with Crippen LogP contribution in [0.3, 0.4) is 0 Å². The topological polar surface area (TPSA) is 79.3 Å². The molecular formula is C26H40N2O5S. The Kier molecular flexibility index (Phi) is 9.81. The minimum atomic E-state index is -3.83. The lowest BCUT2D eigenvalue weighted by Crippen LogP contribution is -2.50. The summed E-state index contributed by atoms with van der Waals surface area (Å²) in [5.74, 6) is 7.12. The van der Waals surface area contributed by atoms with Crippen molar-refractivity contribution in [2.75, 3.05) is 46.5 Å². The number of benzene rings is 1. The average molecular weight is 493 g/mol. The van der Waals surface area contributed by atoms with E-state index in [1.165, 1.54) is 4.31 Å². The quantitative estimate of drug-likeness (QED) is 0.590. The van der Waals surface area contributed by atoms with Crippen molar-refractivity contribution in [2.24, 2.45) is 11.8 Å². The lowest BCUT2D eigenvalue weighted by Gasteiger charge is -2.38. The van der Waals surface area contributed by atoms with Gasteiger partial charge in [0.05, 0.1) is 6.61 Å². The molecule has 7 nitrogen and oxygen atoms in total. The minimum absolute atomic E-state index is 0.0658. The van der Waals surface area contributed by atoms with Crippen LogP contribution in [0.4, 0.5) is 0 Å². The largest absolute Gasteiger partial charge is 0.487 e. The molecular weight excluding hydrogens is 452 g/mol. The van der Waals surface area contributed by atoms with Gasteiger partial charge in [0.2, 0.25) is 10.0 Å². The summed E-state index contributed by atoms with van der Waals surface area (Å²) in [4.78, 5) is 2.43. The predicted molar refractivity (Wildman–Crippen MR) is 133 cm³/mol. The molecule has 3 rings (SSSR count). The summed E-state index contributed by atoms with van der Waals surface area (Å²) in [5.41, 5.74) is 0.742. The molecule has 0 spiro atoms. The zero-order valence-electron chi connectivity index (χ0n) is 21.0. The fourth-order valence-electron chi connectivity index (χ4n) is 4.56. The molecule has 0 aromatic heterocycles. The van der Waals surface area contributed by atoms with Crippen LogP contribution in [-0.4, -0.2) is 81.4 Å². The molecule has 1 aromatic rings. The number of aliphatic hydroxyl groups excluding tert-OH is 1. The Balaban J connectivity index is 1.92. The molecule has 0 radical (unpaired) electrons. The first-order valence-electron chi connectivity index (χ1n) is 12.4. The molecule has 1 aromatic carbocycles. The normalized spacial score (nSPS) is 24.3. The third-order valence-corrected chi connectivity index (χ3v) is 8.70. The van der Waals surface area contributed by atoms with E-state index >= 15 is 0 Å². The van der Waals surface area contributed by atoms with E-state index in [9.17, 15) is 13.5 Å². The summed E-state index contributed by atoms with van der Waals surface area (Å²) >= 11 is 0. The van der Waals surface area contributed by atoms with E-state index in [0.717, 1.165) is 51.0 Å². The van der Waals surface area contributed by atoms with Crippen molar-refractivity contribution in [3.8, 4) is 17.6 Å². The minimum Gasteiger partial charge on any atom is -0.487 e. The molecule has 2 heterocycles. The number of likely N-dealkylation sites (N-methyl/N-ethyl adjacent to an activating group) is 1. The van der Waals surface area contributed by atoms with E-state index in [1.807, 2.05) is 6.92 Å². The van der Waals surface area contributed by atoms with Gasteiger partial charge in [0.25, 0.3) is 0 Å². The molecule has 34 heavy (non-hydrogen) atoms. The summed E-state index contributed by atoms with van der Waals surface area (Å²) in [6.07, 6.45) is 3.68. The van der Waals surface area contributed by atoms with Gasteiger partial charge in [-0.2, -0.15) is 4.31 Å². The molecule has 1 saturated heterocycles. The first-order valence-corrected chi connectivity index (χ1v) is 13.9. The maximum Gasteiger partial charge on any atom is 0.247 e. The molecule has 190 valence electrons. The van der Waals surface area contributed by atoms with Gasteiger partial charge in [-0.15, -0.1) is 0 Å². The van der Waals surface area contributed by atoms with Crippen molar-refractivity contribution >= 4 is 10.0 Å². The van der Waals surface area contributed by atoms with E-state index in [1.54, 1.807) is 25.1 Å². The number of hydrogen-bond acceptors (Lipinski definition) is 6. The molecule has 8 heteroatoms. The lowest BCUT2D eigenvalue weighted by molar-refractivity contribution is 0.0402. The third-order valence-electron chi connectivity index (χ3n) is 6.68. The smallest absolute Gasteiger partial charge is 0.247 e. The van der Waals surface area contributed by atoms with Gasteiger partial charge >= 0.3 is 0 Å². The highest BCUT2D eigenvalue weighted by Gasteiger charge is 2.38. The standard InChI is InChI=1S/C26H40N2O5S/c1-5-6-7-8-22-9-10-26-24(15-22)33-25(18-27(4)17-23-11-13-32-14-12-23)20(2)16-28(21(3)19-29)34(26,30)31/h9-10,15,20-21,23,25,29H,5-6,11-14,16-19H2,1-4H3/t20-,21+,25+/m1/s1. The third kappa shape index (κ3) is 6.73. The van der Waals surface area contributed by atoms with Crippen molar-refractivity contribution in [1.82, 2.24) is 9.21 Å². The van der Waals surface area contributed by atoms with Gasteiger partial charge in [-0.3, -0.25) is 0 Å². The first kappa shape index (κ1) is 27.0. The average Bonchev–Trinajstić information content (AvgIpc) is 2.81. The maximum atomic E-state index is 13.6. The van der Waals surface area contributed by atoms with Crippen LogP contribution in [0, 0.1) is 23.7 Å². The number of hydrogen-bond donors (Lipinski definition) is 1. The van der Waals surface area contributed by atoms with Crippen molar-refractivity contribution in [1.29, 1.82) is 0 Å². The van der Waals surface area contributed by atoms with Gasteiger partial charge in [0, 0.05) is 56.8 Å². The molecule has 2 aliphatic rings. The summed E-state index contributed by atoms with van der Waals surface area (Å²) in [6.45, 7) is 9.16. The summed E-state index contributed by atoms with van der Waals surface area (Å²) in [7, 11) is -1.73. The Morgan fingerprint density at radius 1 is 1.26 bits per heavy atom. The Labute approximate surface area is 205 Å². The van der Waals surface area contributed by atoms with Crippen LogP contribution in [0.1, 0.15) is 52.0 Å². The van der Waals surface area contributed by atoms with Crippen molar-refractivity contribution in [2.45, 2.75) is 63.5 Å². The SMILES string of the molecule is CCCC#Cc1ccc2c(c1)O[C@@H](CN(C)CC1CCOCC1)[C@H](C)CN([C@@H](C)CO)S2(=O)=O. The fraction of sp³-hybridized carbons (Fsp3) is 0.692. The maximum absolute atomic E-state index is 13.6. The predicted octanol–water partition coefficient (Wildman–Crippen LogP) is 2.97. The molecule has 1 N–H and O–H groups in total. The summed E-state index contributed by atoms with van der Waals surface area (Å²) in [5, 5.41) is 9.80. The summed E-state index contributed by atoms with van der Waals surface area (Å²) < 4.78 is 40.5. The monoisotopic (exact) mass is 492 g/mol. The highest BCUT2D eigenvalue weighted by molar-refractivity contribution is 7.89. The van der Waals surface area contributed by atoms with E-state index < -0.39 is 16.1 Å². The van der Waals surface area contributed by atoms with Gasteiger partial charge < -0.3 is 19.5 Å². The first-order chi connectivity index (χ1) is 16.3. The van der Waals surface area contributed by atoms with E-state index in [2.05, 4.69) is 30.7 Å². The number of ether oxygens (including phenoxy) is 2. The van der Waals surface area contributed by atoms with Crippen LogP contribution >= 0.6 is 0 Å². The second kappa shape index (κ2) is 12.4. The zero-order valence-corrected chi connectivity index (χ0v) is 21.8. The van der Waals surface area contributed by atoms with Crippen LogP contribution in [0.2, 0.25) is 0 Å². The molecule has 0 amide bonds. The van der Waals surface area contributed by atoms with Gasteiger partial charge in [-0.25, -0.2) is 8.42 Å². The Hall–Kier alpha value is -1.63. The number of aliphatic hydroxyl groups is 1. The second-order valence-corrected chi connectivity index (χ2v) is 11.6. The fourth-order valence-corrected chi connectivity index (χ4v) is 6.39. The van der Waals surface area contributed by atoms with Gasteiger partial charge in [-0.1, -0.05) is 25.7 Å². The van der Waals surface area contributed by atoms with Crippen LogP contribution in [0.5, 0.6) is 5.75 Å². The van der Waals surface area contributed by atoms with Crippen molar-refractivity contribution in [3.63, 3.8) is 0 Å². The number of unbranched alkanes of at least 4 members (excludes halogenated alkanes) is 1. The highest BCUT2D eigenvalue weighted by Crippen LogP contribution is 2.34. The van der Waals surface area contributed by atoms with Crippen molar-refractivity contribution < 1.29 is 23.0 Å². The molecule has 0 bridgehead atoms. The van der Waals surface area contributed by atoms with Gasteiger partial charge in [0.1, 0.15) is 16.7 Å². The van der Waals surface area contributed by atoms with E-state index in [0.29, 0.717) is 18.2 Å². The highest BCUT2D eigenvalue weighted by atomic mass is 32.2. The molecule has 1 fully saturated rings. The van der Waals surface area contributed by atoms with Crippen LogP contribution in [0.25, 0.3) is 0 Å². The Morgan fingerprint density at radius 3 is 2.68 bits per heavy atom. The number of rotatable bonds is 7. The number of sulfonamides is 1. The van der Waals surface area contributed by atoms with Gasteiger partial charge in [-0.05, 0) is 57.4 Å². The Morgan fingerprint density at radius 2 is 2.00 bits per heavy atom. The number of fused-ring (bicyclic) bond motifs is 1. The second-order valence-electron chi connectivity index (χ2n) is 9.73. The molecule has 2 aliphatic heterocycles. The summed E-state index contributed by atoms with van der Waals surface area (Å²) in [6, 6.07) is 4.56. The molecule has 0 saturated carbocycles. The van der Waals surface area contributed by atoms with Crippen LogP contribution in [0.15, 0.2) is 23.1 Å². The van der Waals surface area contributed by atoms with Crippen molar-refractivity contribution in [3.05, 3.63) is 23.8 Å². The van der Waals surface area contributed by atoms with E-state index in [4.69, 9.17) is 9.47 Å². The van der Waals surface area contributed by atoms with Crippen LogP contribution in [-0.2, 0) is 14.8 Å². The molecule has 3 atom stereocenters. The zero-order chi connectivity index (χ0) is 24.7. The van der Waals surface area contributed by atoms with E-state index in [-0.39, 0.29) is 30.1 Å². The number of nitrogens with zero attached hydrogens (tertiary/aromatic N) is 2. The molecule has 0 unspecified atom stereocenters. The molecule has 0 aliphatic carbocycles. The van der Waals surface area contributed by atoms with Crippen LogP contribution < -0.4 is 4.74 Å². The Bertz CT molecular complexity index is 965. The lowest BCUT2D eigenvalue weighted by atomic mass is 9.98.